The van der Waals surface area contributed by atoms with E-state index in [0.717, 1.165) is 0 Å². The molecule has 1 aromatic carbocycles. The normalized spacial score (nSPS) is 9.29. The molecule has 0 saturated heterocycles. The zero-order valence-corrected chi connectivity index (χ0v) is 8.74. The van der Waals surface area contributed by atoms with Crippen LogP contribution in [0.25, 0.3) is 0 Å². The summed E-state index contributed by atoms with van der Waals surface area (Å²) in [4.78, 5) is 3.66. The molecule has 0 atom stereocenters. The van der Waals surface area contributed by atoms with E-state index in [-0.39, 0.29) is 10.8 Å². The van der Waals surface area contributed by atoms with E-state index in [1.54, 1.807) is 0 Å². The van der Waals surface area contributed by atoms with Crippen molar-refractivity contribution in [2.24, 2.45) is 4.99 Å². The third-order valence-corrected chi connectivity index (χ3v) is 1.84. The second-order valence-electron chi connectivity index (χ2n) is 2.40. The van der Waals surface area contributed by atoms with Gasteiger partial charge in [-0.05, 0) is 30.4 Å². The maximum Gasteiger partial charge on any atom is 0.138 e. The minimum Gasteiger partial charge on any atom is -0.490 e. The zero-order chi connectivity index (χ0) is 10.4. The van der Waals surface area contributed by atoms with Crippen LogP contribution >= 0.6 is 23.8 Å². The smallest absolute Gasteiger partial charge is 0.138 e. The Kier molecular flexibility index (Phi) is 4.53. The van der Waals surface area contributed by atoms with Crippen LogP contribution in [0.1, 0.15) is 0 Å². The van der Waals surface area contributed by atoms with E-state index in [0.29, 0.717) is 18.9 Å². The molecule has 0 bridgehead atoms. The summed E-state index contributed by atoms with van der Waals surface area (Å²) in [6.07, 6.45) is 0. The average Bonchev–Trinajstić information content (AvgIpc) is 2.15. The van der Waals surface area contributed by atoms with Crippen molar-refractivity contribution in [3.8, 4) is 5.75 Å². The van der Waals surface area contributed by atoms with Gasteiger partial charge in [0.05, 0.1) is 16.7 Å². The number of benzene rings is 1. The predicted octanol–water partition coefficient (Wildman–Crippen LogP) is 2.96. The molecular weight excluding hydrogens is 225 g/mol. The van der Waals surface area contributed by atoms with Crippen LogP contribution in [-0.4, -0.2) is 18.3 Å². The topological polar surface area (TPSA) is 21.6 Å². The van der Waals surface area contributed by atoms with E-state index < -0.39 is 0 Å². The Bertz CT molecular complexity index is 366. The van der Waals surface area contributed by atoms with Gasteiger partial charge in [0.1, 0.15) is 18.2 Å². The number of halogens is 2. The fourth-order valence-corrected chi connectivity index (χ4v) is 1.15. The number of hydrogen-bond donors (Lipinski definition) is 0. The summed E-state index contributed by atoms with van der Waals surface area (Å²) in [6.45, 7) is 0.756. The SMILES string of the molecule is Fc1ccc(OCCN=C=S)c(Cl)c1. The highest BCUT2D eigenvalue weighted by Crippen LogP contribution is 2.24. The van der Waals surface area contributed by atoms with E-state index in [2.05, 4.69) is 22.4 Å². The summed E-state index contributed by atoms with van der Waals surface area (Å²) >= 11 is 10.1. The van der Waals surface area contributed by atoms with Gasteiger partial charge in [-0.3, -0.25) is 0 Å². The first-order valence-electron chi connectivity index (χ1n) is 3.85. The van der Waals surface area contributed by atoms with Gasteiger partial charge < -0.3 is 4.74 Å². The van der Waals surface area contributed by atoms with Gasteiger partial charge in [0, 0.05) is 0 Å². The van der Waals surface area contributed by atoms with Crippen molar-refractivity contribution in [3.63, 3.8) is 0 Å². The first-order valence-corrected chi connectivity index (χ1v) is 4.64. The van der Waals surface area contributed by atoms with Crippen LogP contribution in [0.4, 0.5) is 4.39 Å². The number of rotatable bonds is 4. The van der Waals surface area contributed by atoms with Crippen molar-refractivity contribution in [1.29, 1.82) is 0 Å². The summed E-state index contributed by atoms with van der Waals surface area (Å²) < 4.78 is 17.8. The van der Waals surface area contributed by atoms with Crippen LogP contribution < -0.4 is 4.74 Å². The zero-order valence-electron chi connectivity index (χ0n) is 7.17. The van der Waals surface area contributed by atoms with Crippen LogP contribution in [0.2, 0.25) is 5.02 Å². The van der Waals surface area contributed by atoms with Gasteiger partial charge in [-0.25, -0.2) is 9.38 Å². The van der Waals surface area contributed by atoms with Crippen LogP contribution in [0.3, 0.4) is 0 Å². The lowest BCUT2D eigenvalue weighted by Crippen LogP contribution is -2.01. The maximum absolute atomic E-state index is 12.6. The Morgan fingerprint density at radius 3 is 3.00 bits per heavy atom. The molecule has 0 aromatic heterocycles. The Morgan fingerprint density at radius 1 is 1.57 bits per heavy atom. The number of isothiocyanates is 1. The highest BCUT2D eigenvalue weighted by atomic mass is 35.5. The molecule has 0 radical (unpaired) electrons. The molecule has 0 aliphatic heterocycles. The maximum atomic E-state index is 12.6. The standard InChI is InChI=1S/C9H7ClFNOS/c10-8-5-7(11)1-2-9(8)13-4-3-12-6-14/h1-2,5H,3-4H2. The highest BCUT2D eigenvalue weighted by molar-refractivity contribution is 7.78. The van der Waals surface area contributed by atoms with Gasteiger partial charge in [-0.15, -0.1) is 0 Å². The summed E-state index contributed by atoms with van der Waals surface area (Å²) in [5.74, 6) is 0.0481. The summed E-state index contributed by atoms with van der Waals surface area (Å²) in [5, 5.41) is 2.46. The van der Waals surface area contributed by atoms with Crippen LogP contribution in [-0.2, 0) is 0 Å². The molecular formula is C9H7ClFNOS. The molecule has 0 heterocycles. The first-order chi connectivity index (χ1) is 6.74. The molecule has 0 amide bonds. The summed E-state index contributed by atoms with van der Waals surface area (Å²) in [6, 6.07) is 3.95. The van der Waals surface area contributed by atoms with Gasteiger partial charge in [-0.1, -0.05) is 11.6 Å². The third kappa shape index (κ3) is 3.42. The molecule has 74 valence electrons. The largest absolute Gasteiger partial charge is 0.490 e. The Labute approximate surface area is 91.4 Å². The molecule has 14 heavy (non-hydrogen) atoms. The molecule has 1 rings (SSSR count). The number of thiocarbonyl (C=S) groups is 1. The fraction of sp³-hybridized carbons (Fsp3) is 0.222. The Morgan fingerprint density at radius 2 is 2.36 bits per heavy atom. The van der Waals surface area contributed by atoms with Gasteiger partial charge in [0.15, 0.2) is 0 Å². The number of ether oxygens (including phenoxy) is 1. The molecule has 1 aromatic rings. The van der Waals surface area contributed by atoms with Gasteiger partial charge in [0.25, 0.3) is 0 Å². The van der Waals surface area contributed by atoms with E-state index >= 15 is 0 Å². The fourth-order valence-electron chi connectivity index (χ4n) is 0.839. The molecule has 2 nitrogen and oxygen atoms in total. The minimum absolute atomic E-state index is 0.247. The van der Waals surface area contributed by atoms with E-state index in [9.17, 15) is 4.39 Å². The van der Waals surface area contributed by atoms with E-state index in [4.69, 9.17) is 16.3 Å². The van der Waals surface area contributed by atoms with Crippen molar-refractivity contribution in [2.75, 3.05) is 13.2 Å². The predicted molar refractivity (Wildman–Crippen MR) is 56.8 cm³/mol. The van der Waals surface area contributed by atoms with Crippen LogP contribution in [0, 0.1) is 5.82 Å². The average molecular weight is 232 g/mol. The monoisotopic (exact) mass is 231 g/mol. The molecule has 0 fully saturated rings. The second-order valence-corrected chi connectivity index (χ2v) is 2.99. The molecule has 0 aliphatic carbocycles. The Hall–Kier alpha value is -0.960. The van der Waals surface area contributed by atoms with E-state index in [1.807, 2.05) is 0 Å². The lowest BCUT2D eigenvalue weighted by molar-refractivity contribution is 0.329. The van der Waals surface area contributed by atoms with Crippen LogP contribution in [0.15, 0.2) is 23.2 Å². The van der Waals surface area contributed by atoms with Crippen molar-refractivity contribution in [1.82, 2.24) is 0 Å². The quantitative estimate of drug-likeness (QED) is 0.452. The molecule has 5 heteroatoms. The number of nitrogens with zero attached hydrogens (tertiary/aromatic N) is 1. The second kappa shape index (κ2) is 5.70. The summed E-state index contributed by atoms with van der Waals surface area (Å²) in [7, 11) is 0. The van der Waals surface area contributed by atoms with Crippen LogP contribution in [0.5, 0.6) is 5.75 Å². The molecule has 0 unspecified atom stereocenters. The van der Waals surface area contributed by atoms with Gasteiger partial charge in [0.2, 0.25) is 0 Å². The third-order valence-electron chi connectivity index (χ3n) is 1.42. The first kappa shape index (κ1) is 11.1. The van der Waals surface area contributed by atoms with Crippen molar-refractivity contribution < 1.29 is 9.13 Å². The van der Waals surface area contributed by atoms with Crippen molar-refractivity contribution >= 4 is 29.0 Å². The Balaban J connectivity index is 2.54. The molecule has 0 N–H and O–H groups in total. The molecule has 0 aliphatic rings. The lowest BCUT2D eigenvalue weighted by atomic mass is 10.3. The van der Waals surface area contributed by atoms with Gasteiger partial charge >= 0.3 is 0 Å². The van der Waals surface area contributed by atoms with Gasteiger partial charge in [-0.2, -0.15) is 0 Å². The summed E-state index contributed by atoms with van der Waals surface area (Å²) in [5.41, 5.74) is 0. The highest BCUT2D eigenvalue weighted by Gasteiger charge is 2.01. The minimum atomic E-state index is -0.390. The lowest BCUT2D eigenvalue weighted by Gasteiger charge is -2.05. The van der Waals surface area contributed by atoms with E-state index in [1.165, 1.54) is 18.2 Å². The number of hydrogen-bond acceptors (Lipinski definition) is 3. The molecule has 0 spiro atoms. The molecule has 0 saturated carbocycles. The van der Waals surface area contributed by atoms with Crippen molar-refractivity contribution in [3.05, 3.63) is 29.0 Å². The van der Waals surface area contributed by atoms with Crippen molar-refractivity contribution in [2.45, 2.75) is 0 Å². The number of aliphatic imine (C=N–C) groups is 1.